The van der Waals surface area contributed by atoms with Gasteiger partial charge in [0.15, 0.2) is 0 Å². The second-order valence-electron chi connectivity index (χ2n) is 3.77. The number of hydrogen-bond acceptors (Lipinski definition) is 1. The van der Waals surface area contributed by atoms with E-state index in [4.69, 9.17) is 16.3 Å². The van der Waals surface area contributed by atoms with Crippen molar-refractivity contribution in [1.29, 1.82) is 0 Å². The van der Waals surface area contributed by atoms with Crippen LogP contribution in [0.25, 0.3) is 0 Å². The van der Waals surface area contributed by atoms with Gasteiger partial charge in [-0.2, -0.15) is 0 Å². The van der Waals surface area contributed by atoms with Gasteiger partial charge in [0.1, 0.15) is 11.4 Å². The molecule has 72 valence electrons. The lowest BCUT2D eigenvalue weighted by atomic mass is 10.2. The molecule has 1 rings (SSSR count). The highest BCUT2D eigenvalue weighted by Gasteiger charge is 2.14. The van der Waals surface area contributed by atoms with E-state index in [-0.39, 0.29) is 5.60 Å². The van der Waals surface area contributed by atoms with Crippen LogP contribution in [0.2, 0.25) is 5.02 Å². The molecule has 0 saturated heterocycles. The van der Waals surface area contributed by atoms with E-state index in [0.717, 1.165) is 10.2 Å². The first-order valence-corrected chi connectivity index (χ1v) is 5.20. The van der Waals surface area contributed by atoms with E-state index in [2.05, 4.69) is 15.9 Å². The molecule has 0 radical (unpaired) electrons. The minimum atomic E-state index is -0.201. The van der Waals surface area contributed by atoms with Gasteiger partial charge in [-0.1, -0.05) is 17.7 Å². The van der Waals surface area contributed by atoms with Crippen LogP contribution in [0.4, 0.5) is 0 Å². The largest absolute Gasteiger partial charge is 0.487 e. The van der Waals surface area contributed by atoms with Gasteiger partial charge < -0.3 is 4.74 Å². The average molecular weight is 264 g/mol. The summed E-state index contributed by atoms with van der Waals surface area (Å²) in [7, 11) is 0. The van der Waals surface area contributed by atoms with Crippen LogP contribution in [0.1, 0.15) is 20.8 Å². The molecule has 3 heteroatoms. The number of halogens is 2. The van der Waals surface area contributed by atoms with Crippen LogP contribution in [0, 0.1) is 0 Å². The zero-order valence-electron chi connectivity index (χ0n) is 7.90. The zero-order valence-corrected chi connectivity index (χ0v) is 10.2. The van der Waals surface area contributed by atoms with Crippen molar-refractivity contribution in [3.8, 4) is 5.75 Å². The molecule has 0 fully saturated rings. The van der Waals surface area contributed by atoms with E-state index >= 15 is 0 Å². The van der Waals surface area contributed by atoms with Crippen LogP contribution in [-0.2, 0) is 0 Å². The minimum Gasteiger partial charge on any atom is -0.487 e. The molecule has 0 heterocycles. The number of hydrogen-bond donors (Lipinski definition) is 0. The van der Waals surface area contributed by atoms with Gasteiger partial charge >= 0.3 is 0 Å². The standard InChI is InChI=1S/C10H12BrClO/c1-10(2,3)13-8-6-4-5-7(12)9(8)11/h4-6H,1-3H3. The van der Waals surface area contributed by atoms with Crippen molar-refractivity contribution >= 4 is 27.5 Å². The maximum Gasteiger partial charge on any atom is 0.135 e. The number of rotatable bonds is 1. The molecule has 0 atom stereocenters. The Morgan fingerprint density at radius 3 is 2.46 bits per heavy atom. The van der Waals surface area contributed by atoms with Crippen molar-refractivity contribution in [2.24, 2.45) is 0 Å². The van der Waals surface area contributed by atoms with Crippen molar-refractivity contribution in [3.05, 3.63) is 27.7 Å². The van der Waals surface area contributed by atoms with Crippen molar-refractivity contribution in [2.75, 3.05) is 0 Å². The Bertz CT molecular complexity index is 304. The summed E-state index contributed by atoms with van der Waals surface area (Å²) in [4.78, 5) is 0. The summed E-state index contributed by atoms with van der Waals surface area (Å²) >= 11 is 9.29. The number of ether oxygens (including phenoxy) is 1. The summed E-state index contributed by atoms with van der Waals surface area (Å²) in [6.07, 6.45) is 0. The molecule has 0 aromatic heterocycles. The summed E-state index contributed by atoms with van der Waals surface area (Å²) in [5.41, 5.74) is -0.201. The first kappa shape index (κ1) is 10.9. The second-order valence-corrected chi connectivity index (χ2v) is 4.97. The van der Waals surface area contributed by atoms with Gasteiger partial charge in [0, 0.05) is 0 Å². The molecule has 1 aromatic rings. The van der Waals surface area contributed by atoms with Gasteiger partial charge in [0.25, 0.3) is 0 Å². The Balaban J connectivity index is 2.96. The molecule has 0 bridgehead atoms. The predicted octanol–water partition coefficient (Wildman–Crippen LogP) is 4.28. The van der Waals surface area contributed by atoms with Gasteiger partial charge in [0.05, 0.1) is 9.50 Å². The van der Waals surface area contributed by atoms with Gasteiger partial charge in [-0.15, -0.1) is 0 Å². The highest BCUT2D eigenvalue weighted by molar-refractivity contribution is 9.10. The quantitative estimate of drug-likeness (QED) is 0.735. The smallest absolute Gasteiger partial charge is 0.135 e. The Morgan fingerprint density at radius 2 is 1.92 bits per heavy atom. The highest BCUT2D eigenvalue weighted by Crippen LogP contribution is 2.33. The van der Waals surface area contributed by atoms with Crippen molar-refractivity contribution in [1.82, 2.24) is 0 Å². The Labute approximate surface area is 92.2 Å². The minimum absolute atomic E-state index is 0.201. The molecule has 0 N–H and O–H groups in total. The van der Waals surface area contributed by atoms with Crippen molar-refractivity contribution in [3.63, 3.8) is 0 Å². The topological polar surface area (TPSA) is 9.23 Å². The van der Waals surface area contributed by atoms with Crippen molar-refractivity contribution in [2.45, 2.75) is 26.4 Å². The fourth-order valence-corrected chi connectivity index (χ4v) is 1.40. The fraction of sp³-hybridized carbons (Fsp3) is 0.400. The maximum absolute atomic E-state index is 5.92. The third-order valence-corrected chi connectivity index (χ3v) is 2.69. The molecule has 0 saturated carbocycles. The van der Waals surface area contributed by atoms with E-state index in [1.54, 1.807) is 0 Å². The van der Waals surface area contributed by atoms with Crippen LogP contribution >= 0.6 is 27.5 Å². The van der Waals surface area contributed by atoms with E-state index in [0.29, 0.717) is 5.02 Å². The lowest BCUT2D eigenvalue weighted by molar-refractivity contribution is 0.130. The van der Waals surface area contributed by atoms with Crippen LogP contribution in [0.5, 0.6) is 5.75 Å². The fourth-order valence-electron chi connectivity index (χ4n) is 0.893. The summed E-state index contributed by atoms with van der Waals surface area (Å²) in [6.45, 7) is 6.00. The molecule has 0 spiro atoms. The Morgan fingerprint density at radius 1 is 1.31 bits per heavy atom. The average Bonchev–Trinajstić information content (AvgIpc) is 1.96. The van der Waals surface area contributed by atoms with Crippen molar-refractivity contribution < 1.29 is 4.74 Å². The van der Waals surface area contributed by atoms with Gasteiger partial charge in [-0.25, -0.2) is 0 Å². The molecular weight excluding hydrogens is 251 g/mol. The van der Waals surface area contributed by atoms with Crippen LogP contribution < -0.4 is 4.74 Å². The molecule has 0 aliphatic heterocycles. The molecular formula is C10H12BrClO. The van der Waals surface area contributed by atoms with E-state index < -0.39 is 0 Å². The third kappa shape index (κ3) is 3.20. The van der Waals surface area contributed by atoms with Gasteiger partial charge in [-0.05, 0) is 48.8 Å². The Hall–Kier alpha value is -0.210. The van der Waals surface area contributed by atoms with Crippen LogP contribution in [0.15, 0.2) is 22.7 Å². The highest BCUT2D eigenvalue weighted by atomic mass is 79.9. The number of benzene rings is 1. The van der Waals surface area contributed by atoms with Gasteiger partial charge in [-0.3, -0.25) is 0 Å². The molecule has 0 amide bonds. The molecule has 13 heavy (non-hydrogen) atoms. The maximum atomic E-state index is 5.92. The molecule has 0 unspecified atom stereocenters. The zero-order chi connectivity index (χ0) is 10.1. The molecule has 1 nitrogen and oxygen atoms in total. The molecule has 1 aromatic carbocycles. The summed E-state index contributed by atoms with van der Waals surface area (Å²) in [5, 5.41) is 0.668. The van der Waals surface area contributed by atoms with E-state index in [1.807, 2.05) is 39.0 Å². The Kier molecular flexibility index (Phi) is 3.25. The monoisotopic (exact) mass is 262 g/mol. The van der Waals surface area contributed by atoms with E-state index in [1.165, 1.54) is 0 Å². The molecule has 0 aliphatic rings. The first-order valence-electron chi connectivity index (χ1n) is 4.03. The third-order valence-electron chi connectivity index (χ3n) is 1.33. The SMILES string of the molecule is CC(C)(C)Oc1cccc(Cl)c1Br. The first-order chi connectivity index (χ1) is 5.90. The predicted molar refractivity (Wildman–Crippen MR) is 59.5 cm³/mol. The summed E-state index contributed by atoms with van der Waals surface area (Å²) < 4.78 is 6.49. The lowest BCUT2D eigenvalue weighted by Crippen LogP contribution is -2.23. The second kappa shape index (κ2) is 3.89. The normalized spacial score (nSPS) is 11.5. The lowest BCUT2D eigenvalue weighted by Gasteiger charge is -2.22. The summed E-state index contributed by atoms with van der Waals surface area (Å²) in [6, 6.07) is 5.58. The van der Waals surface area contributed by atoms with Gasteiger partial charge in [0.2, 0.25) is 0 Å². The van der Waals surface area contributed by atoms with Crippen LogP contribution in [-0.4, -0.2) is 5.60 Å². The molecule has 0 aliphatic carbocycles. The van der Waals surface area contributed by atoms with Crippen LogP contribution in [0.3, 0.4) is 0 Å². The summed E-state index contributed by atoms with van der Waals surface area (Å²) in [5.74, 6) is 0.778. The van der Waals surface area contributed by atoms with E-state index in [9.17, 15) is 0 Å².